The first kappa shape index (κ1) is 21.0. The predicted molar refractivity (Wildman–Crippen MR) is 110 cm³/mol. The van der Waals surface area contributed by atoms with Gasteiger partial charge in [-0.3, -0.25) is 9.48 Å². The van der Waals surface area contributed by atoms with Crippen LogP contribution in [-0.4, -0.2) is 35.8 Å². The van der Waals surface area contributed by atoms with Crippen LogP contribution < -0.4 is 10.5 Å². The van der Waals surface area contributed by atoms with Gasteiger partial charge in [-0.15, -0.1) is 0 Å². The molecule has 0 atom stereocenters. The number of anilines is 1. The fraction of sp³-hybridized carbons (Fsp3) is 0.158. The molecular weight excluding hydrogens is 416 g/mol. The second-order valence-corrected chi connectivity index (χ2v) is 8.23. The van der Waals surface area contributed by atoms with Crippen molar-refractivity contribution in [1.82, 2.24) is 9.78 Å². The number of aliphatic hydroxyl groups is 1. The molecule has 0 spiro atoms. The number of nitrogens with zero attached hydrogens (tertiary/aromatic N) is 2. The first-order chi connectivity index (χ1) is 13.8. The third-order valence-electron chi connectivity index (χ3n) is 4.15. The molecule has 1 aromatic heterocycles. The number of nitrogens with two attached hydrogens (primary N) is 1. The van der Waals surface area contributed by atoms with Crippen LogP contribution in [0.3, 0.4) is 0 Å². The predicted octanol–water partition coefficient (Wildman–Crippen LogP) is 2.02. The number of amides is 1. The normalized spacial score (nSPS) is 11.4. The lowest BCUT2D eigenvalue weighted by Crippen LogP contribution is -2.17. The van der Waals surface area contributed by atoms with Gasteiger partial charge in [-0.25, -0.2) is 13.6 Å². The third kappa shape index (κ3) is 5.21. The number of sulfonamides is 1. The monoisotopic (exact) mass is 434 g/mol. The Morgan fingerprint density at radius 1 is 1.24 bits per heavy atom. The molecule has 0 radical (unpaired) electrons. The summed E-state index contributed by atoms with van der Waals surface area (Å²) in [7, 11) is -4.07. The lowest BCUT2D eigenvalue weighted by atomic mass is 10.1. The fourth-order valence-electron chi connectivity index (χ4n) is 2.82. The van der Waals surface area contributed by atoms with Crippen LogP contribution >= 0.6 is 11.6 Å². The van der Waals surface area contributed by atoms with E-state index in [9.17, 15) is 13.2 Å². The van der Waals surface area contributed by atoms with Crippen LogP contribution in [0.2, 0.25) is 5.02 Å². The van der Waals surface area contributed by atoms with Crippen molar-refractivity contribution < 1.29 is 18.3 Å². The molecule has 10 heteroatoms. The van der Waals surface area contributed by atoms with E-state index in [2.05, 4.69) is 10.4 Å². The molecule has 2 aromatic carbocycles. The molecule has 3 aromatic rings. The highest BCUT2D eigenvalue weighted by Crippen LogP contribution is 2.29. The van der Waals surface area contributed by atoms with Gasteiger partial charge < -0.3 is 10.4 Å². The second kappa shape index (κ2) is 8.75. The van der Waals surface area contributed by atoms with Gasteiger partial charge >= 0.3 is 0 Å². The average Bonchev–Trinajstić information content (AvgIpc) is 3.12. The Morgan fingerprint density at radius 3 is 2.69 bits per heavy atom. The van der Waals surface area contributed by atoms with Crippen LogP contribution in [0.1, 0.15) is 5.56 Å². The first-order valence-corrected chi connectivity index (χ1v) is 10.5. The number of nitrogens with one attached hydrogen (secondary N) is 1. The fourth-order valence-corrected chi connectivity index (χ4v) is 3.81. The number of halogens is 1. The smallest absolute Gasteiger partial charge is 0.238 e. The number of rotatable bonds is 7. The van der Waals surface area contributed by atoms with Crippen molar-refractivity contribution in [1.29, 1.82) is 0 Å². The number of benzene rings is 2. The van der Waals surface area contributed by atoms with Crippen molar-refractivity contribution in [3.05, 3.63) is 65.4 Å². The number of carbonyl (C=O) groups excluding carboxylic acids is 1. The maximum absolute atomic E-state index is 12.3. The minimum absolute atomic E-state index is 0.0417. The van der Waals surface area contributed by atoms with Crippen molar-refractivity contribution in [2.75, 3.05) is 11.9 Å². The molecule has 152 valence electrons. The van der Waals surface area contributed by atoms with Gasteiger partial charge in [-0.05, 0) is 23.8 Å². The minimum Gasteiger partial charge on any atom is -0.394 e. The Morgan fingerprint density at radius 2 is 2.00 bits per heavy atom. The molecule has 0 saturated heterocycles. The number of hydrogen-bond donors (Lipinski definition) is 3. The Labute approximate surface area is 173 Å². The Kier molecular flexibility index (Phi) is 6.33. The van der Waals surface area contributed by atoms with Gasteiger partial charge in [0, 0.05) is 28.0 Å². The number of aliphatic hydroxyl groups excluding tert-OH is 1. The Hall–Kier alpha value is -2.72. The molecule has 3 rings (SSSR count). The van der Waals surface area contributed by atoms with E-state index in [0.717, 1.165) is 0 Å². The molecule has 1 heterocycles. The molecule has 8 nitrogen and oxygen atoms in total. The summed E-state index contributed by atoms with van der Waals surface area (Å²) in [6.07, 6.45) is 3.13. The number of hydrogen-bond acceptors (Lipinski definition) is 5. The molecule has 0 fully saturated rings. The zero-order chi connectivity index (χ0) is 21.0. The Bertz CT molecular complexity index is 1140. The van der Waals surface area contributed by atoms with Crippen molar-refractivity contribution in [3.8, 4) is 11.1 Å². The number of primary sulfonamides is 1. The van der Waals surface area contributed by atoms with E-state index in [1.54, 1.807) is 42.6 Å². The summed E-state index contributed by atoms with van der Waals surface area (Å²) in [5, 5.41) is 21.6. The van der Waals surface area contributed by atoms with Gasteiger partial charge in [0.2, 0.25) is 15.9 Å². The van der Waals surface area contributed by atoms with Crippen molar-refractivity contribution in [3.63, 3.8) is 0 Å². The van der Waals surface area contributed by atoms with E-state index >= 15 is 0 Å². The highest BCUT2D eigenvalue weighted by molar-refractivity contribution is 7.89. The number of aromatic nitrogens is 2. The van der Waals surface area contributed by atoms with E-state index in [1.807, 2.05) is 0 Å². The topological polar surface area (TPSA) is 127 Å². The van der Waals surface area contributed by atoms with Crippen molar-refractivity contribution >= 4 is 33.2 Å². The standard InChI is InChI=1S/C19H19ClN4O4S/c20-17-4-2-1-3-13(17)9-19(26)23-15-5-6-16(18(10-15)29(21,27)28)14-11-22-24(12-14)7-8-25/h1-6,10-12,25H,7-9H2,(H,23,26)(H2,21,27,28). The summed E-state index contributed by atoms with van der Waals surface area (Å²) in [5.41, 5.74) is 1.82. The van der Waals surface area contributed by atoms with Crippen LogP contribution in [0, 0.1) is 0 Å². The molecule has 0 unspecified atom stereocenters. The zero-order valence-electron chi connectivity index (χ0n) is 15.2. The Balaban J connectivity index is 1.87. The average molecular weight is 435 g/mol. The first-order valence-electron chi connectivity index (χ1n) is 8.61. The summed E-state index contributed by atoms with van der Waals surface area (Å²) >= 11 is 6.07. The van der Waals surface area contributed by atoms with Crippen LogP contribution in [-0.2, 0) is 27.8 Å². The second-order valence-electron chi connectivity index (χ2n) is 6.29. The van der Waals surface area contributed by atoms with Crippen LogP contribution in [0.25, 0.3) is 11.1 Å². The van der Waals surface area contributed by atoms with E-state index in [-0.39, 0.29) is 36.1 Å². The largest absolute Gasteiger partial charge is 0.394 e. The molecule has 1 amide bonds. The highest BCUT2D eigenvalue weighted by Gasteiger charge is 2.18. The third-order valence-corrected chi connectivity index (χ3v) is 5.47. The maximum atomic E-state index is 12.3. The van der Waals surface area contributed by atoms with Gasteiger partial charge in [0.15, 0.2) is 0 Å². The van der Waals surface area contributed by atoms with E-state index in [4.69, 9.17) is 21.8 Å². The van der Waals surface area contributed by atoms with Gasteiger partial charge in [0.25, 0.3) is 0 Å². The summed E-state index contributed by atoms with van der Waals surface area (Å²) in [6, 6.07) is 11.4. The molecule has 29 heavy (non-hydrogen) atoms. The van der Waals surface area contributed by atoms with E-state index in [0.29, 0.717) is 21.7 Å². The molecule has 4 N–H and O–H groups in total. The summed E-state index contributed by atoms with van der Waals surface area (Å²) in [6.45, 7) is 0.181. The molecule has 0 aliphatic carbocycles. The van der Waals surface area contributed by atoms with E-state index in [1.165, 1.54) is 16.9 Å². The molecular formula is C19H19ClN4O4S. The lowest BCUT2D eigenvalue weighted by Gasteiger charge is -2.11. The molecule has 0 aliphatic heterocycles. The zero-order valence-corrected chi connectivity index (χ0v) is 16.8. The molecule has 0 bridgehead atoms. The number of carbonyl (C=O) groups is 1. The maximum Gasteiger partial charge on any atom is 0.238 e. The van der Waals surface area contributed by atoms with Crippen LogP contribution in [0.15, 0.2) is 59.8 Å². The van der Waals surface area contributed by atoms with Gasteiger partial charge in [-0.2, -0.15) is 5.10 Å². The SMILES string of the molecule is NS(=O)(=O)c1cc(NC(=O)Cc2ccccc2Cl)ccc1-c1cnn(CCO)c1. The summed E-state index contributed by atoms with van der Waals surface area (Å²) < 4.78 is 25.7. The molecule has 0 saturated carbocycles. The van der Waals surface area contributed by atoms with Crippen molar-refractivity contribution in [2.45, 2.75) is 17.9 Å². The lowest BCUT2D eigenvalue weighted by molar-refractivity contribution is -0.115. The van der Waals surface area contributed by atoms with Gasteiger partial charge in [-0.1, -0.05) is 35.9 Å². The summed E-state index contributed by atoms with van der Waals surface area (Å²) in [5.74, 6) is -0.345. The minimum atomic E-state index is -4.07. The van der Waals surface area contributed by atoms with Gasteiger partial charge in [0.1, 0.15) is 0 Å². The van der Waals surface area contributed by atoms with Gasteiger partial charge in [0.05, 0.1) is 30.7 Å². The highest BCUT2D eigenvalue weighted by atomic mass is 35.5. The van der Waals surface area contributed by atoms with Crippen LogP contribution in [0.5, 0.6) is 0 Å². The molecule has 0 aliphatic rings. The van der Waals surface area contributed by atoms with Crippen molar-refractivity contribution in [2.24, 2.45) is 5.14 Å². The van der Waals surface area contributed by atoms with Crippen LogP contribution in [0.4, 0.5) is 5.69 Å². The quantitative estimate of drug-likeness (QED) is 0.524. The summed E-state index contributed by atoms with van der Waals surface area (Å²) in [4.78, 5) is 12.2. The van der Waals surface area contributed by atoms with E-state index < -0.39 is 10.0 Å².